The lowest BCUT2D eigenvalue weighted by Gasteiger charge is -1.99. The maximum Gasteiger partial charge on any atom is 0.270 e. The molecule has 5 nitrogen and oxygen atoms in total. The van der Waals surface area contributed by atoms with Crippen molar-refractivity contribution < 1.29 is 4.92 Å². The van der Waals surface area contributed by atoms with Gasteiger partial charge in [-0.05, 0) is 0 Å². The second-order valence-electron chi connectivity index (χ2n) is 1.23. The Kier molecular flexibility index (Phi) is 2.24. The average molecular weight is 105 g/mol. The number of hydrogen-bond donors (Lipinski definition) is 1. The molecule has 0 aliphatic carbocycles. The van der Waals surface area contributed by atoms with Gasteiger partial charge in [0, 0.05) is 12.0 Å². The highest BCUT2D eigenvalue weighted by atomic mass is 16.6. The molecule has 0 aromatic carbocycles. The molecule has 0 bridgehead atoms. The molecule has 0 aliphatic heterocycles. The largest absolute Gasteiger partial charge is 0.270 e. The minimum Gasteiger partial charge on any atom is -0.264 e. The van der Waals surface area contributed by atoms with Gasteiger partial charge in [0.1, 0.15) is 0 Å². The van der Waals surface area contributed by atoms with Crippen molar-refractivity contribution in [3.05, 3.63) is 10.1 Å². The Bertz CT molecular complexity index is 71.3. The van der Waals surface area contributed by atoms with Gasteiger partial charge in [-0.2, -0.15) is 5.01 Å². The maximum atomic E-state index is 9.49. The first-order valence-corrected chi connectivity index (χ1v) is 1.70. The second-order valence-corrected chi connectivity index (χ2v) is 1.23. The third kappa shape index (κ3) is 5.32. The zero-order chi connectivity index (χ0) is 5.86. The fourth-order valence-corrected chi connectivity index (χ4v) is 0.182. The van der Waals surface area contributed by atoms with Gasteiger partial charge >= 0.3 is 0 Å². The van der Waals surface area contributed by atoms with Gasteiger partial charge in [0.25, 0.3) is 6.67 Å². The van der Waals surface area contributed by atoms with Crippen LogP contribution in [-0.4, -0.2) is 23.6 Å². The van der Waals surface area contributed by atoms with E-state index in [9.17, 15) is 10.1 Å². The average Bonchev–Trinajstić information content (AvgIpc) is 1.27. The molecule has 0 unspecified atom stereocenters. The van der Waals surface area contributed by atoms with Crippen LogP contribution in [-0.2, 0) is 0 Å². The molecule has 5 heteroatoms. The van der Waals surface area contributed by atoms with Crippen molar-refractivity contribution >= 4 is 0 Å². The van der Waals surface area contributed by atoms with E-state index in [1.807, 2.05) is 0 Å². The maximum absolute atomic E-state index is 9.49. The van der Waals surface area contributed by atoms with Crippen LogP contribution >= 0.6 is 0 Å². The molecule has 0 saturated carbocycles. The van der Waals surface area contributed by atoms with Gasteiger partial charge in [0.15, 0.2) is 0 Å². The second kappa shape index (κ2) is 2.49. The normalized spacial score (nSPS) is 9.57. The summed E-state index contributed by atoms with van der Waals surface area (Å²) in [4.78, 5) is 8.99. The van der Waals surface area contributed by atoms with E-state index in [0.717, 1.165) is 5.01 Å². The Hall–Kier alpha value is -0.680. The van der Waals surface area contributed by atoms with E-state index in [2.05, 4.69) is 0 Å². The molecule has 0 aromatic rings. The highest BCUT2D eigenvalue weighted by molar-refractivity contribution is 4.17. The van der Waals surface area contributed by atoms with Crippen molar-refractivity contribution in [2.45, 2.75) is 0 Å². The van der Waals surface area contributed by atoms with Crippen molar-refractivity contribution in [2.75, 3.05) is 13.7 Å². The predicted octanol–water partition coefficient (Wildman–Crippen LogP) is -0.974. The summed E-state index contributed by atoms with van der Waals surface area (Å²) in [7, 11) is 1.43. The Morgan fingerprint density at radius 2 is 2.43 bits per heavy atom. The molecule has 0 amide bonds. The molecule has 0 aromatic heterocycles. The van der Waals surface area contributed by atoms with Crippen LogP contribution in [0.4, 0.5) is 0 Å². The number of nitrogens with two attached hydrogens (primary N) is 1. The molecular weight excluding hydrogens is 98.0 g/mol. The smallest absolute Gasteiger partial charge is 0.264 e. The fraction of sp³-hybridized carbons (Fsp3) is 1.00. The number of rotatable bonds is 2. The number of nitro groups is 1. The van der Waals surface area contributed by atoms with Gasteiger partial charge in [-0.3, -0.25) is 16.0 Å². The first-order chi connectivity index (χ1) is 3.13. The Labute approximate surface area is 40.8 Å². The summed E-state index contributed by atoms with van der Waals surface area (Å²) in [6.07, 6.45) is 0. The first-order valence-electron chi connectivity index (χ1n) is 1.70. The lowest BCUT2D eigenvalue weighted by atomic mass is 11.0. The van der Waals surface area contributed by atoms with Crippen LogP contribution in [0.15, 0.2) is 0 Å². The summed E-state index contributed by atoms with van der Waals surface area (Å²) in [6, 6.07) is 0. The topological polar surface area (TPSA) is 72.4 Å². The summed E-state index contributed by atoms with van der Waals surface area (Å²) < 4.78 is 0. The van der Waals surface area contributed by atoms with Gasteiger partial charge in [0.05, 0.1) is 0 Å². The minimum atomic E-state index is -0.500. The molecule has 7 heavy (non-hydrogen) atoms. The molecule has 0 spiro atoms. The van der Waals surface area contributed by atoms with Crippen LogP contribution in [0.25, 0.3) is 0 Å². The molecule has 0 fully saturated rings. The molecule has 0 heterocycles. The number of nitrogens with zero attached hydrogens (tertiary/aromatic N) is 2. The quantitative estimate of drug-likeness (QED) is 0.212. The summed E-state index contributed by atoms with van der Waals surface area (Å²) in [6.45, 7) is -0.306. The zero-order valence-corrected chi connectivity index (χ0v) is 4.00. The van der Waals surface area contributed by atoms with E-state index in [1.165, 1.54) is 7.05 Å². The highest BCUT2D eigenvalue weighted by Gasteiger charge is 1.95. The molecule has 0 aliphatic rings. The number of hydrazine groups is 1. The predicted molar refractivity (Wildman–Crippen MR) is 23.8 cm³/mol. The molecule has 0 radical (unpaired) electrons. The zero-order valence-electron chi connectivity index (χ0n) is 4.00. The lowest BCUT2D eigenvalue weighted by Crippen LogP contribution is -2.31. The molecule has 0 atom stereocenters. The summed E-state index contributed by atoms with van der Waals surface area (Å²) >= 11 is 0. The SMILES string of the molecule is CN(N)C[N+](=O)[O-]. The molecule has 42 valence electrons. The van der Waals surface area contributed by atoms with Gasteiger partial charge in [-0.15, -0.1) is 0 Å². The van der Waals surface area contributed by atoms with Gasteiger partial charge in [0.2, 0.25) is 0 Å². The lowest BCUT2D eigenvalue weighted by molar-refractivity contribution is -0.503. The van der Waals surface area contributed by atoms with Gasteiger partial charge < -0.3 is 0 Å². The van der Waals surface area contributed by atoms with Crippen molar-refractivity contribution in [3.8, 4) is 0 Å². The van der Waals surface area contributed by atoms with Crippen LogP contribution in [0.3, 0.4) is 0 Å². The third-order valence-corrected chi connectivity index (χ3v) is 0.339. The van der Waals surface area contributed by atoms with E-state index < -0.39 is 4.92 Å². The molecule has 2 N–H and O–H groups in total. The Morgan fingerprint density at radius 1 is 2.00 bits per heavy atom. The van der Waals surface area contributed by atoms with Crippen LogP contribution in [0.2, 0.25) is 0 Å². The third-order valence-electron chi connectivity index (χ3n) is 0.339. The Morgan fingerprint density at radius 3 is 2.43 bits per heavy atom. The van der Waals surface area contributed by atoms with Crippen molar-refractivity contribution in [2.24, 2.45) is 5.84 Å². The van der Waals surface area contributed by atoms with Crippen LogP contribution in [0.1, 0.15) is 0 Å². The Balaban J connectivity index is 3.13. The van der Waals surface area contributed by atoms with Crippen LogP contribution in [0.5, 0.6) is 0 Å². The van der Waals surface area contributed by atoms with Crippen molar-refractivity contribution in [3.63, 3.8) is 0 Å². The highest BCUT2D eigenvalue weighted by Crippen LogP contribution is 1.66. The summed E-state index contributed by atoms with van der Waals surface area (Å²) in [5, 5.41) is 10.5. The van der Waals surface area contributed by atoms with Crippen LogP contribution in [0, 0.1) is 10.1 Å². The summed E-state index contributed by atoms with van der Waals surface area (Å²) in [5.41, 5.74) is 0. The minimum absolute atomic E-state index is 0.306. The van der Waals surface area contributed by atoms with E-state index in [1.54, 1.807) is 0 Å². The van der Waals surface area contributed by atoms with Crippen LogP contribution < -0.4 is 5.84 Å². The van der Waals surface area contributed by atoms with E-state index >= 15 is 0 Å². The van der Waals surface area contributed by atoms with E-state index in [0.29, 0.717) is 0 Å². The molecular formula is C2H7N3O2. The standard InChI is InChI=1S/C2H7N3O2/c1-4(3)2-5(6)7/h2-3H2,1H3. The van der Waals surface area contributed by atoms with Gasteiger partial charge in [-0.1, -0.05) is 0 Å². The molecule has 0 saturated heterocycles. The number of hydrogen-bond acceptors (Lipinski definition) is 4. The van der Waals surface area contributed by atoms with E-state index in [4.69, 9.17) is 5.84 Å². The fourth-order valence-electron chi connectivity index (χ4n) is 0.182. The van der Waals surface area contributed by atoms with Crippen molar-refractivity contribution in [1.82, 2.24) is 5.01 Å². The summed E-state index contributed by atoms with van der Waals surface area (Å²) in [5.74, 6) is 4.88. The van der Waals surface area contributed by atoms with Gasteiger partial charge in [-0.25, -0.2) is 0 Å². The van der Waals surface area contributed by atoms with E-state index in [-0.39, 0.29) is 6.67 Å². The van der Waals surface area contributed by atoms with Crippen molar-refractivity contribution in [1.29, 1.82) is 0 Å². The molecule has 0 rings (SSSR count). The monoisotopic (exact) mass is 105 g/mol. The first kappa shape index (κ1) is 6.32.